The van der Waals surface area contributed by atoms with Gasteiger partial charge >= 0.3 is 0 Å². The number of aryl methyl sites for hydroxylation is 1. The fourth-order valence-corrected chi connectivity index (χ4v) is 7.14. The van der Waals surface area contributed by atoms with E-state index >= 15 is 0 Å². The summed E-state index contributed by atoms with van der Waals surface area (Å²) in [5.41, 5.74) is 7.86. The molecule has 3 aromatic carbocycles. The molecular weight excluding hydrogens is 773 g/mol. The van der Waals surface area contributed by atoms with Crippen LogP contribution in [0.1, 0.15) is 85.4 Å². The summed E-state index contributed by atoms with van der Waals surface area (Å²) < 4.78 is 4.64. The minimum atomic E-state index is 0. The number of carbonyl (C=O) groups is 1. The van der Waals surface area contributed by atoms with E-state index in [9.17, 15) is 9.90 Å². The second-order valence-corrected chi connectivity index (χ2v) is 14.2. The molecule has 1 N–H and O–H groups in total. The number of rotatable bonds is 8. The number of para-hydroxylation sites is 1. The fourth-order valence-electron chi connectivity index (χ4n) is 7.14. The Kier molecular flexibility index (Phi) is 10.3. The SMILES string of the molecule is CCC(CC)C(=O)/C=C(\O)C(CC)CC.Cc1ccc2c([c-]c3c4nccc5nc(CC(C)(C)C)c(n54)n4c5ccccc5c2c34)c1.[Ir]. The number of carbonyl (C=O) groups excluding carboxylic acids is 1. The van der Waals surface area contributed by atoms with Gasteiger partial charge in [0.1, 0.15) is 11.3 Å². The predicted molar refractivity (Wildman–Crippen MR) is 196 cm³/mol. The summed E-state index contributed by atoms with van der Waals surface area (Å²) in [5, 5.41) is 15.7. The van der Waals surface area contributed by atoms with Crippen LogP contribution in [-0.2, 0) is 31.3 Å². The molecular formula is C41H47IrN4O2-. The minimum absolute atomic E-state index is 0. The van der Waals surface area contributed by atoms with E-state index in [1.165, 1.54) is 38.8 Å². The third-order valence-corrected chi connectivity index (χ3v) is 9.61. The quantitative estimate of drug-likeness (QED) is 0.0545. The predicted octanol–water partition coefficient (Wildman–Crippen LogP) is 10.6. The molecule has 0 spiro atoms. The van der Waals surface area contributed by atoms with Crippen LogP contribution in [0.15, 0.2) is 66.6 Å². The number of benzene rings is 3. The van der Waals surface area contributed by atoms with E-state index < -0.39 is 0 Å². The van der Waals surface area contributed by atoms with Gasteiger partial charge in [-0.1, -0.05) is 101 Å². The number of hydrogen-bond donors (Lipinski definition) is 1. The summed E-state index contributed by atoms with van der Waals surface area (Å²) in [5.74, 6) is 0.547. The standard InChI is InChI=1S/C28H23N4.C13H24O2.Ir/c1-16-9-10-18-17(13-16)14-20-25-24(18)19-7-5-6-8-22(19)31(25)27-21(15-28(2,3)4)30-23-11-12-29-26(20)32(23)27;1-5-10(6-2)12(14)9-13(15)11(7-3)8-4;/h5-13H,15H2,1-4H3;9-11,14H,5-8H2,1-4H3;/q-1;;/b;12-9-;. The van der Waals surface area contributed by atoms with E-state index in [1.807, 2.05) is 40.0 Å². The average molecular weight is 820 g/mol. The maximum Gasteiger partial charge on any atom is 0.162 e. The first-order chi connectivity index (χ1) is 22.5. The van der Waals surface area contributed by atoms with Gasteiger partial charge in [0.25, 0.3) is 0 Å². The Morgan fingerprint density at radius 2 is 1.62 bits per heavy atom. The Morgan fingerprint density at radius 3 is 2.29 bits per heavy atom. The molecule has 0 atom stereocenters. The van der Waals surface area contributed by atoms with Gasteiger partial charge < -0.3 is 9.51 Å². The number of imidazole rings is 1. The molecule has 0 aliphatic rings. The second kappa shape index (κ2) is 14.0. The summed E-state index contributed by atoms with van der Waals surface area (Å²) >= 11 is 0. The fraction of sp³-hybridized carbons (Fsp3) is 0.390. The van der Waals surface area contributed by atoms with Crippen molar-refractivity contribution in [3.8, 4) is 0 Å². The molecule has 253 valence electrons. The van der Waals surface area contributed by atoms with E-state index in [0.29, 0.717) is 0 Å². The Balaban J connectivity index is 0.000000243. The smallest absolute Gasteiger partial charge is 0.162 e. The number of hydrogen-bond acceptors (Lipinski definition) is 4. The minimum Gasteiger partial charge on any atom is -0.512 e. The van der Waals surface area contributed by atoms with Crippen molar-refractivity contribution in [3.05, 3.63) is 83.9 Å². The third kappa shape index (κ3) is 6.23. The molecule has 1 radical (unpaired) electrons. The second-order valence-electron chi connectivity index (χ2n) is 14.2. The van der Waals surface area contributed by atoms with Crippen molar-refractivity contribution in [1.29, 1.82) is 0 Å². The molecule has 0 fully saturated rings. The number of fused-ring (bicyclic) bond motifs is 7. The van der Waals surface area contributed by atoms with E-state index in [4.69, 9.17) is 9.97 Å². The first-order valence-corrected chi connectivity index (χ1v) is 17.2. The van der Waals surface area contributed by atoms with Crippen molar-refractivity contribution in [1.82, 2.24) is 18.8 Å². The summed E-state index contributed by atoms with van der Waals surface area (Å²) in [7, 11) is 0. The molecule has 0 amide bonds. The Hall–Kier alpha value is -3.80. The maximum atomic E-state index is 11.7. The van der Waals surface area contributed by atoms with Crippen LogP contribution in [0.2, 0.25) is 0 Å². The van der Waals surface area contributed by atoms with Crippen LogP contribution in [0.5, 0.6) is 0 Å². The van der Waals surface area contributed by atoms with Crippen LogP contribution in [0.4, 0.5) is 0 Å². The van der Waals surface area contributed by atoms with E-state index in [1.54, 1.807) is 0 Å². The van der Waals surface area contributed by atoms with E-state index in [-0.39, 0.29) is 48.9 Å². The topological polar surface area (TPSA) is 71.9 Å². The molecule has 0 bridgehead atoms. The average Bonchev–Trinajstić information content (AvgIpc) is 3.56. The first kappa shape index (κ1) is 35.5. The van der Waals surface area contributed by atoms with Gasteiger partial charge in [0.2, 0.25) is 0 Å². The summed E-state index contributed by atoms with van der Waals surface area (Å²) in [4.78, 5) is 21.7. The van der Waals surface area contributed by atoms with Crippen molar-refractivity contribution < 1.29 is 30.0 Å². The summed E-state index contributed by atoms with van der Waals surface area (Å²) in [6.45, 7) is 17.0. The largest absolute Gasteiger partial charge is 0.512 e. The van der Waals surface area contributed by atoms with Gasteiger partial charge in [0.05, 0.1) is 17.1 Å². The molecule has 0 unspecified atom stereocenters. The molecule has 7 rings (SSSR count). The monoisotopic (exact) mass is 820 g/mol. The van der Waals surface area contributed by atoms with Gasteiger partial charge in [0.15, 0.2) is 5.78 Å². The van der Waals surface area contributed by atoms with Crippen LogP contribution in [-0.4, -0.2) is 29.7 Å². The van der Waals surface area contributed by atoms with Gasteiger partial charge in [-0.15, -0.1) is 17.5 Å². The van der Waals surface area contributed by atoms with Crippen molar-refractivity contribution >= 4 is 60.7 Å². The Morgan fingerprint density at radius 1 is 0.938 bits per heavy atom. The summed E-state index contributed by atoms with van der Waals surface area (Å²) in [6, 6.07) is 21.1. The number of aliphatic hydroxyl groups is 1. The van der Waals surface area contributed by atoms with Crippen LogP contribution in [0, 0.1) is 30.2 Å². The number of aliphatic hydroxyl groups excluding tert-OH is 1. The number of allylic oxidation sites excluding steroid dienone is 2. The van der Waals surface area contributed by atoms with Crippen molar-refractivity contribution in [3.63, 3.8) is 0 Å². The van der Waals surface area contributed by atoms with Gasteiger partial charge in [0, 0.05) is 49.7 Å². The first-order valence-electron chi connectivity index (χ1n) is 17.2. The van der Waals surface area contributed by atoms with Crippen LogP contribution in [0.25, 0.3) is 54.9 Å². The molecule has 6 nitrogen and oxygen atoms in total. The van der Waals surface area contributed by atoms with Gasteiger partial charge in [-0.25, -0.2) is 4.98 Å². The normalized spacial score (nSPS) is 12.7. The van der Waals surface area contributed by atoms with E-state index in [0.717, 1.165) is 65.5 Å². The van der Waals surface area contributed by atoms with Crippen LogP contribution >= 0.6 is 0 Å². The Bertz CT molecular complexity index is 2260. The number of nitrogens with zero attached hydrogens (tertiary/aromatic N) is 4. The van der Waals surface area contributed by atoms with Crippen molar-refractivity contribution in [2.45, 2.75) is 87.5 Å². The molecule has 0 saturated carbocycles. The molecule has 4 heterocycles. The van der Waals surface area contributed by atoms with Crippen molar-refractivity contribution in [2.75, 3.05) is 0 Å². The molecule has 7 heteroatoms. The van der Waals surface area contributed by atoms with Crippen LogP contribution < -0.4 is 0 Å². The van der Waals surface area contributed by atoms with Gasteiger partial charge in [-0.3, -0.25) is 14.2 Å². The van der Waals surface area contributed by atoms with Gasteiger partial charge in [-0.2, -0.15) is 0 Å². The number of ketones is 1. The van der Waals surface area contributed by atoms with Gasteiger partial charge in [-0.05, 0) is 67.5 Å². The zero-order valence-electron chi connectivity index (χ0n) is 29.4. The number of aromatic nitrogens is 4. The molecule has 48 heavy (non-hydrogen) atoms. The van der Waals surface area contributed by atoms with E-state index in [2.05, 4.69) is 85.0 Å². The maximum absolute atomic E-state index is 11.7. The zero-order chi connectivity index (χ0) is 33.6. The van der Waals surface area contributed by atoms with Crippen LogP contribution in [0.3, 0.4) is 0 Å². The zero-order valence-corrected chi connectivity index (χ0v) is 31.8. The summed E-state index contributed by atoms with van der Waals surface area (Å²) in [6.07, 6.45) is 7.67. The molecule has 0 aliphatic carbocycles. The molecule has 0 aliphatic heterocycles. The Labute approximate surface area is 296 Å². The molecule has 4 aromatic heterocycles. The molecule has 7 aromatic rings. The molecule has 0 saturated heterocycles. The third-order valence-electron chi connectivity index (χ3n) is 9.61. The van der Waals surface area contributed by atoms with Crippen molar-refractivity contribution in [2.24, 2.45) is 17.3 Å².